The largest absolute Gasteiger partial charge is 0.483 e. The van der Waals surface area contributed by atoms with Crippen molar-refractivity contribution in [2.24, 2.45) is 5.84 Å². The van der Waals surface area contributed by atoms with Crippen LogP contribution in [0.15, 0.2) is 77.7 Å². The molecule has 0 saturated carbocycles. The van der Waals surface area contributed by atoms with Crippen LogP contribution in [0, 0.1) is 18.6 Å². The van der Waals surface area contributed by atoms with E-state index in [1.54, 1.807) is 18.2 Å². The van der Waals surface area contributed by atoms with E-state index in [1.807, 2.05) is 25.1 Å². The summed E-state index contributed by atoms with van der Waals surface area (Å²) in [5.74, 6) is 2.53. The fourth-order valence-corrected chi connectivity index (χ4v) is 4.58. The summed E-state index contributed by atoms with van der Waals surface area (Å²) in [7, 11) is 0. The van der Waals surface area contributed by atoms with Crippen LogP contribution in [0.4, 0.5) is 31.5 Å². The number of carbonyl (C=O) groups is 2. The molecule has 0 bridgehead atoms. The Morgan fingerprint density at radius 3 is 2.40 bits per heavy atom. The summed E-state index contributed by atoms with van der Waals surface area (Å²) < 4.78 is 36.1. The lowest BCUT2D eigenvalue weighted by Crippen LogP contribution is -2.21. The van der Waals surface area contributed by atoms with Crippen molar-refractivity contribution in [2.75, 3.05) is 27.8 Å². The van der Waals surface area contributed by atoms with Crippen molar-refractivity contribution in [3.8, 4) is 5.75 Å². The van der Waals surface area contributed by atoms with Crippen LogP contribution in [0.5, 0.6) is 5.75 Å². The molecule has 12 heteroatoms. The Morgan fingerprint density at radius 2 is 1.70 bits per heavy atom. The summed E-state index contributed by atoms with van der Waals surface area (Å²) in [6.07, 6.45) is 0. The van der Waals surface area contributed by atoms with Crippen LogP contribution in [-0.4, -0.2) is 18.3 Å². The van der Waals surface area contributed by atoms with Gasteiger partial charge in [0.25, 0.3) is 5.91 Å². The minimum atomic E-state index is -0.897. The highest BCUT2D eigenvalue weighted by atomic mass is 35.5. The molecule has 0 aliphatic rings. The maximum Gasteiger partial charge on any atom is 0.262 e. The topological polar surface area (TPSA) is 132 Å². The third-order valence-corrected chi connectivity index (χ3v) is 6.70. The van der Waals surface area contributed by atoms with E-state index < -0.39 is 29.9 Å². The molecule has 0 aliphatic heterocycles. The first-order valence-corrected chi connectivity index (χ1v) is 12.9. The number of halogens is 3. The number of ether oxygens (including phenoxy) is 1. The smallest absolute Gasteiger partial charge is 0.262 e. The average molecular weight is 584 g/mol. The van der Waals surface area contributed by atoms with Gasteiger partial charge in [-0.1, -0.05) is 11.6 Å². The number of anilines is 4. The van der Waals surface area contributed by atoms with E-state index in [-0.39, 0.29) is 21.9 Å². The lowest BCUT2D eigenvalue weighted by Gasteiger charge is -2.14. The number of nitrogens with one attached hydrogen (secondary N) is 3. The highest BCUT2D eigenvalue weighted by Crippen LogP contribution is 2.29. The summed E-state index contributed by atoms with van der Waals surface area (Å²) in [5, 5.41) is 2.99. The van der Waals surface area contributed by atoms with Crippen LogP contribution < -0.4 is 31.8 Å². The number of aryl methyl sites for hydroxylation is 1. The zero-order chi connectivity index (χ0) is 28.8. The van der Waals surface area contributed by atoms with Gasteiger partial charge in [0.05, 0.1) is 16.9 Å². The normalized spacial score (nSPS) is 10.6. The Hall–Kier alpha value is -4.32. The average Bonchev–Trinajstić information content (AvgIpc) is 2.92. The standard InChI is InChI=1S/C28H24ClF2N5O3S/c1-15-8-21(40-36-20-3-5-23(32)25(13-20)35-33)4-6-24(15)34-27(37)14-39-26-7-2-17(29)11-22(26)28(38)16-9-18(30)12-19(31)10-16/h2-13,35-36H,14,32-33H2,1H3,(H,34,37). The number of hydrogen-bond donors (Lipinski definition) is 5. The van der Waals surface area contributed by atoms with Crippen LogP contribution >= 0.6 is 23.5 Å². The van der Waals surface area contributed by atoms with Gasteiger partial charge >= 0.3 is 0 Å². The first-order valence-electron chi connectivity index (χ1n) is 11.8. The minimum absolute atomic E-state index is 0.0363. The minimum Gasteiger partial charge on any atom is -0.483 e. The number of rotatable bonds is 10. The second-order valence-electron chi connectivity index (χ2n) is 8.59. The lowest BCUT2D eigenvalue weighted by atomic mass is 10.0. The van der Waals surface area contributed by atoms with Gasteiger partial charge in [-0.25, -0.2) is 8.78 Å². The Kier molecular flexibility index (Phi) is 9.10. The molecule has 4 aromatic carbocycles. The van der Waals surface area contributed by atoms with Crippen molar-refractivity contribution in [2.45, 2.75) is 11.8 Å². The molecule has 0 unspecified atom stereocenters. The SMILES string of the molecule is Cc1cc(SNc2ccc(N)c(NN)c2)ccc1NC(=O)COc1ccc(Cl)cc1C(=O)c1cc(F)cc(F)c1. The molecule has 0 aliphatic carbocycles. The van der Waals surface area contributed by atoms with E-state index in [1.165, 1.54) is 30.1 Å². The molecule has 0 fully saturated rings. The highest BCUT2D eigenvalue weighted by molar-refractivity contribution is 8.00. The van der Waals surface area contributed by atoms with Crippen LogP contribution in [-0.2, 0) is 4.79 Å². The summed E-state index contributed by atoms with van der Waals surface area (Å²) in [4.78, 5) is 26.5. The van der Waals surface area contributed by atoms with Crippen molar-refractivity contribution in [3.63, 3.8) is 0 Å². The van der Waals surface area contributed by atoms with Gasteiger partial charge in [0.1, 0.15) is 17.4 Å². The first-order chi connectivity index (χ1) is 19.1. The van der Waals surface area contributed by atoms with Gasteiger partial charge in [0.15, 0.2) is 12.4 Å². The number of nitrogen functional groups attached to an aromatic ring is 2. The molecule has 0 aromatic heterocycles. The Bertz CT molecular complexity index is 1570. The van der Waals surface area contributed by atoms with E-state index in [0.717, 1.165) is 28.3 Å². The zero-order valence-corrected chi connectivity index (χ0v) is 22.6. The first kappa shape index (κ1) is 28.7. The molecule has 0 radical (unpaired) electrons. The van der Waals surface area contributed by atoms with E-state index in [4.69, 9.17) is 27.9 Å². The van der Waals surface area contributed by atoms with Crippen molar-refractivity contribution >= 4 is 58.0 Å². The van der Waals surface area contributed by atoms with Gasteiger partial charge in [0.2, 0.25) is 0 Å². The number of hydrogen-bond acceptors (Lipinski definition) is 8. The molecule has 7 N–H and O–H groups in total. The Labute approximate surface area is 238 Å². The molecule has 0 saturated heterocycles. The second-order valence-corrected chi connectivity index (χ2v) is 9.91. The fraction of sp³-hybridized carbons (Fsp3) is 0.0714. The predicted molar refractivity (Wildman–Crippen MR) is 155 cm³/mol. The molecule has 206 valence electrons. The van der Waals surface area contributed by atoms with Gasteiger partial charge < -0.3 is 25.9 Å². The van der Waals surface area contributed by atoms with E-state index in [2.05, 4.69) is 15.5 Å². The van der Waals surface area contributed by atoms with Crippen molar-refractivity contribution < 1.29 is 23.1 Å². The third-order valence-electron chi connectivity index (χ3n) is 5.64. The van der Waals surface area contributed by atoms with Gasteiger partial charge in [0, 0.05) is 32.9 Å². The molecule has 40 heavy (non-hydrogen) atoms. The van der Waals surface area contributed by atoms with Crippen molar-refractivity contribution in [1.29, 1.82) is 0 Å². The van der Waals surface area contributed by atoms with Gasteiger partial charge in [-0.2, -0.15) is 0 Å². The Morgan fingerprint density at radius 1 is 0.950 bits per heavy atom. The molecule has 8 nitrogen and oxygen atoms in total. The summed E-state index contributed by atoms with van der Waals surface area (Å²) in [6.45, 7) is 1.42. The number of amides is 1. The molecule has 4 rings (SSSR count). The van der Waals surface area contributed by atoms with E-state index in [0.29, 0.717) is 23.1 Å². The van der Waals surface area contributed by atoms with Gasteiger partial charge in [-0.05, 0) is 91.2 Å². The summed E-state index contributed by atoms with van der Waals surface area (Å²) >= 11 is 7.40. The molecule has 4 aromatic rings. The molecule has 0 heterocycles. The Balaban J connectivity index is 1.39. The number of ketones is 1. The summed E-state index contributed by atoms with van der Waals surface area (Å²) in [5.41, 5.74) is 11.4. The molecule has 0 atom stereocenters. The number of benzene rings is 4. The quantitative estimate of drug-likeness (QED) is 0.0493. The van der Waals surface area contributed by atoms with Crippen LogP contribution in [0.2, 0.25) is 5.02 Å². The number of carbonyl (C=O) groups excluding carboxylic acids is 2. The van der Waals surface area contributed by atoms with E-state index >= 15 is 0 Å². The number of nitrogens with two attached hydrogens (primary N) is 2. The molecular formula is C28H24ClF2N5O3S. The predicted octanol–water partition coefficient (Wildman–Crippen LogP) is 6.16. The maximum atomic E-state index is 13.6. The lowest BCUT2D eigenvalue weighted by molar-refractivity contribution is -0.118. The third kappa shape index (κ3) is 7.20. The molecular weight excluding hydrogens is 560 g/mol. The van der Waals surface area contributed by atoms with Crippen molar-refractivity contribution in [1.82, 2.24) is 0 Å². The zero-order valence-electron chi connectivity index (χ0n) is 21.1. The molecule has 1 amide bonds. The van der Waals surface area contributed by atoms with Crippen LogP contribution in [0.3, 0.4) is 0 Å². The second kappa shape index (κ2) is 12.7. The van der Waals surface area contributed by atoms with Gasteiger partial charge in [-0.3, -0.25) is 15.4 Å². The maximum absolute atomic E-state index is 13.6. The van der Waals surface area contributed by atoms with Crippen molar-refractivity contribution in [3.05, 3.63) is 106 Å². The van der Waals surface area contributed by atoms with Crippen LogP contribution in [0.1, 0.15) is 21.5 Å². The van der Waals surface area contributed by atoms with Gasteiger partial charge in [-0.15, -0.1) is 0 Å². The highest BCUT2D eigenvalue weighted by Gasteiger charge is 2.18. The number of hydrazine groups is 1. The summed E-state index contributed by atoms with van der Waals surface area (Å²) in [6, 6.07) is 17.5. The molecule has 0 spiro atoms. The fourth-order valence-electron chi connectivity index (χ4n) is 3.68. The van der Waals surface area contributed by atoms with E-state index in [9.17, 15) is 18.4 Å². The van der Waals surface area contributed by atoms with Crippen LogP contribution in [0.25, 0.3) is 0 Å². The monoisotopic (exact) mass is 583 g/mol.